The van der Waals surface area contributed by atoms with Gasteiger partial charge in [0.15, 0.2) is 0 Å². The molecule has 0 fully saturated rings. The Hall–Kier alpha value is -1.62. The predicted molar refractivity (Wildman–Crippen MR) is 71.2 cm³/mol. The van der Waals surface area contributed by atoms with Gasteiger partial charge in [0, 0.05) is 11.5 Å². The number of nitrogens with zero attached hydrogens (tertiary/aromatic N) is 1. The standard InChI is InChI=1S/C12H11BrFN3/c1-15-8-5-9(7-16-6-8)17-12-10(13)3-2-4-11(12)14/h2-7,15,17H,1H3. The average Bonchev–Trinajstić information content (AvgIpc) is 2.34. The average molecular weight is 296 g/mol. The molecule has 0 saturated carbocycles. The van der Waals surface area contributed by atoms with Crippen LogP contribution in [-0.2, 0) is 0 Å². The van der Waals surface area contributed by atoms with Gasteiger partial charge in [-0.3, -0.25) is 4.98 Å². The number of halogens is 2. The molecule has 0 atom stereocenters. The molecule has 0 amide bonds. The first-order chi connectivity index (χ1) is 8.20. The lowest BCUT2D eigenvalue weighted by Crippen LogP contribution is -1.97. The van der Waals surface area contributed by atoms with Gasteiger partial charge in [-0.2, -0.15) is 0 Å². The Balaban J connectivity index is 2.31. The number of hydrogen-bond acceptors (Lipinski definition) is 3. The van der Waals surface area contributed by atoms with Gasteiger partial charge in [0.2, 0.25) is 0 Å². The van der Waals surface area contributed by atoms with Crippen molar-refractivity contribution in [1.82, 2.24) is 4.98 Å². The van der Waals surface area contributed by atoms with Crippen molar-refractivity contribution in [2.75, 3.05) is 17.7 Å². The lowest BCUT2D eigenvalue weighted by Gasteiger charge is -2.10. The summed E-state index contributed by atoms with van der Waals surface area (Å²) in [6.45, 7) is 0. The Morgan fingerprint density at radius 3 is 2.71 bits per heavy atom. The number of rotatable bonds is 3. The minimum Gasteiger partial charge on any atom is -0.387 e. The van der Waals surface area contributed by atoms with Crippen LogP contribution >= 0.6 is 15.9 Å². The lowest BCUT2D eigenvalue weighted by atomic mass is 10.3. The minimum absolute atomic E-state index is 0.311. The highest BCUT2D eigenvalue weighted by atomic mass is 79.9. The summed E-state index contributed by atoms with van der Waals surface area (Å²) in [4.78, 5) is 4.05. The maximum absolute atomic E-state index is 13.6. The van der Waals surface area contributed by atoms with Crippen LogP contribution in [0.25, 0.3) is 0 Å². The number of aromatic nitrogens is 1. The zero-order chi connectivity index (χ0) is 12.3. The molecule has 0 saturated heterocycles. The fraction of sp³-hybridized carbons (Fsp3) is 0.0833. The monoisotopic (exact) mass is 295 g/mol. The molecule has 1 aromatic carbocycles. The molecule has 3 nitrogen and oxygen atoms in total. The summed E-state index contributed by atoms with van der Waals surface area (Å²) >= 11 is 3.30. The molecule has 0 aliphatic rings. The predicted octanol–water partition coefficient (Wildman–Crippen LogP) is 3.77. The fourth-order valence-electron chi connectivity index (χ4n) is 1.41. The van der Waals surface area contributed by atoms with Gasteiger partial charge < -0.3 is 10.6 Å². The second kappa shape index (κ2) is 5.14. The van der Waals surface area contributed by atoms with Gasteiger partial charge in [-0.05, 0) is 34.1 Å². The van der Waals surface area contributed by atoms with E-state index in [4.69, 9.17) is 0 Å². The summed E-state index contributed by atoms with van der Waals surface area (Å²) in [6.07, 6.45) is 3.33. The first kappa shape index (κ1) is 11.9. The van der Waals surface area contributed by atoms with Crippen molar-refractivity contribution in [3.63, 3.8) is 0 Å². The molecular formula is C12H11BrFN3. The van der Waals surface area contributed by atoms with Crippen LogP contribution in [0.2, 0.25) is 0 Å². The maximum Gasteiger partial charge on any atom is 0.147 e. The Morgan fingerprint density at radius 1 is 1.24 bits per heavy atom. The molecule has 88 valence electrons. The van der Waals surface area contributed by atoms with E-state index in [1.165, 1.54) is 6.07 Å². The first-order valence-corrected chi connectivity index (χ1v) is 5.84. The third-order valence-corrected chi connectivity index (χ3v) is 2.92. The smallest absolute Gasteiger partial charge is 0.147 e. The maximum atomic E-state index is 13.6. The van der Waals surface area contributed by atoms with Gasteiger partial charge in [-0.25, -0.2) is 4.39 Å². The van der Waals surface area contributed by atoms with Crippen LogP contribution in [0, 0.1) is 5.82 Å². The first-order valence-electron chi connectivity index (χ1n) is 5.04. The van der Waals surface area contributed by atoms with E-state index < -0.39 is 0 Å². The molecule has 0 bridgehead atoms. The number of anilines is 3. The van der Waals surface area contributed by atoms with E-state index in [0.717, 1.165) is 11.4 Å². The van der Waals surface area contributed by atoms with Crippen molar-refractivity contribution in [3.8, 4) is 0 Å². The lowest BCUT2D eigenvalue weighted by molar-refractivity contribution is 0.631. The molecule has 17 heavy (non-hydrogen) atoms. The summed E-state index contributed by atoms with van der Waals surface area (Å²) in [7, 11) is 1.81. The van der Waals surface area contributed by atoms with E-state index >= 15 is 0 Å². The van der Waals surface area contributed by atoms with E-state index in [9.17, 15) is 4.39 Å². The minimum atomic E-state index is -0.311. The molecule has 0 aliphatic carbocycles. The van der Waals surface area contributed by atoms with Crippen LogP contribution < -0.4 is 10.6 Å². The van der Waals surface area contributed by atoms with Crippen LogP contribution in [0.3, 0.4) is 0 Å². The number of hydrogen-bond donors (Lipinski definition) is 2. The Labute approximate surface area is 107 Å². The molecule has 1 aromatic heterocycles. The zero-order valence-corrected chi connectivity index (χ0v) is 10.8. The Kier molecular flexibility index (Phi) is 3.58. The molecular weight excluding hydrogens is 285 g/mol. The van der Waals surface area contributed by atoms with Crippen molar-refractivity contribution >= 4 is 33.0 Å². The van der Waals surface area contributed by atoms with Crippen molar-refractivity contribution in [2.45, 2.75) is 0 Å². The highest BCUT2D eigenvalue weighted by molar-refractivity contribution is 9.10. The highest BCUT2D eigenvalue weighted by Gasteiger charge is 2.06. The van der Waals surface area contributed by atoms with Crippen LogP contribution in [0.1, 0.15) is 0 Å². The van der Waals surface area contributed by atoms with Crippen molar-refractivity contribution in [2.24, 2.45) is 0 Å². The Bertz CT molecular complexity index is 511. The molecule has 2 rings (SSSR count). The largest absolute Gasteiger partial charge is 0.387 e. The van der Waals surface area contributed by atoms with E-state index in [1.807, 2.05) is 6.07 Å². The highest BCUT2D eigenvalue weighted by Crippen LogP contribution is 2.28. The second-order valence-electron chi connectivity index (χ2n) is 3.43. The number of para-hydroxylation sites is 1. The topological polar surface area (TPSA) is 37.0 Å². The van der Waals surface area contributed by atoms with E-state index in [-0.39, 0.29) is 5.82 Å². The van der Waals surface area contributed by atoms with E-state index in [2.05, 4.69) is 31.5 Å². The fourth-order valence-corrected chi connectivity index (χ4v) is 1.85. The van der Waals surface area contributed by atoms with Crippen LogP contribution in [0.5, 0.6) is 0 Å². The summed E-state index contributed by atoms with van der Waals surface area (Å²) in [5.41, 5.74) is 1.99. The van der Waals surface area contributed by atoms with Crippen molar-refractivity contribution in [3.05, 3.63) is 46.9 Å². The summed E-state index contributed by atoms with van der Waals surface area (Å²) in [6, 6.07) is 6.68. The quantitative estimate of drug-likeness (QED) is 0.905. The summed E-state index contributed by atoms with van der Waals surface area (Å²) < 4.78 is 14.3. The van der Waals surface area contributed by atoms with Gasteiger partial charge in [0.1, 0.15) is 5.82 Å². The van der Waals surface area contributed by atoms with E-state index in [0.29, 0.717) is 10.2 Å². The van der Waals surface area contributed by atoms with Crippen LogP contribution in [0.15, 0.2) is 41.1 Å². The zero-order valence-electron chi connectivity index (χ0n) is 9.17. The van der Waals surface area contributed by atoms with E-state index in [1.54, 1.807) is 31.6 Å². The third kappa shape index (κ3) is 2.74. The Morgan fingerprint density at radius 2 is 2.00 bits per heavy atom. The molecule has 5 heteroatoms. The van der Waals surface area contributed by atoms with Gasteiger partial charge in [-0.1, -0.05) is 6.07 Å². The van der Waals surface area contributed by atoms with Crippen LogP contribution in [-0.4, -0.2) is 12.0 Å². The van der Waals surface area contributed by atoms with Gasteiger partial charge in [0.05, 0.1) is 29.5 Å². The number of pyridine rings is 1. The number of nitrogens with one attached hydrogen (secondary N) is 2. The molecule has 0 unspecified atom stereocenters. The number of benzene rings is 1. The molecule has 0 spiro atoms. The van der Waals surface area contributed by atoms with Gasteiger partial charge in [-0.15, -0.1) is 0 Å². The molecule has 2 N–H and O–H groups in total. The van der Waals surface area contributed by atoms with Crippen molar-refractivity contribution < 1.29 is 4.39 Å². The van der Waals surface area contributed by atoms with Gasteiger partial charge in [0.25, 0.3) is 0 Å². The molecule has 0 radical (unpaired) electrons. The van der Waals surface area contributed by atoms with Crippen molar-refractivity contribution in [1.29, 1.82) is 0 Å². The summed E-state index contributed by atoms with van der Waals surface area (Å²) in [5, 5.41) is 5.97. The van der Waals surface area contributed by atoms with Crippen LogP contribution in [0.4, 0.5) is 21.5 Å². The second-order valence-corrected chi connectivity index (χ2v) is 4.29. The normalized spacial score (nSPS) is 10.1. The summed E-state index contributed by atoms with van der Waals surface area (Å²) in [5.74, 6) is -0.311. The molecule has 2 aromatic rings. The molecule has 0 aliphatic heterocycles. The SMILES string of the molecule is CNc1cncc(Nc2c(F)cccc2Br)c1. The third-order valence-electron chi connectivity index (χ3n) is 2.26. The van der Waals surface area contributed by atoms with Gasteiger partial charge >= 0.3 is 0 Å². The molecule has 1 heterocycles.